The Labute approximate surface area is 354 Å². The zero-order chi connectivity index (χ0) is 39.7. The lowest BCUT2D eigenvalue weighted by molar-refractivity contribution is 1.18. The van der Waals surface area contributed by atoms with Gasteiger partial charge in [0.05, 0.1) is 26.5 Å². The fourth-order valence-electron chi connectivity index (χ4n) is 7.87. The molecule has 0 N–H and O–H groups in total. The summed E-state index contributed by atoms with van der Waals surface area (Å²) in [7, 11) is 0. The van der Waals surface area contributed by atoms with E-state index in [1.165, 1.54) is 32.9 Å². The van der Waals surface area contributed by atoms with Crippen LogP contribution in [0.15, 0.2) is 212 Å². The van der Waals surface area contributed by atoms with Gasteiger partial charge in [0.15, 0.2) is 5.82 Å². The molecular formula is C54H35N3S2. The maximum atomic E-state index is 6.04. The number of fused-ring (bicyclic) bond motifs is 3. The standard InChI is InChI=1S/C54H35N3S2/c58-52(53(59)43-31-33-45(34-32-43)57-49-17-9-7-15-46(49)47-16-8-10-18-50(47)57)42-27-25-41(26-28-42)51-48(40-23-19-38(20-24-40)36-11-3-1-4-12-36)35-55-54(56-51)44-29-21-39(22-30-44)37-13-5-2-6-14-37/h1-35H. The van der Waals surface area contributed by atoms with Crippen LogP contribution in [0.5, 0.6) is 0 Å². The van der Waals surface area contributed by atoms with Gasteiger partial charge in [-0.05, 0) is 63.2 Å². The Balaban J connectivity index is 0.956. The molecule has 0 fully saturated rings. The molecule has 5 heteroatoms. The van der Waals surface area contributed by atoms with Crippen molar-refractivity contribution in [3.8, 4) is 61.7 Å². The van der Waals surface area contributed by atoms with Gasteiger partial charge in [-0.3, -0.25) is 0 Å². The molecule has 0 spiro atoms. The summed E-state index contributed by atoms with van der Waals surface area (Å²) in [6.07, 6.45) is 1.94. The number of para-hydroxylation sites is 2. The highest BCUT2D eigenvalue weighted by atomic mass is 32.1. The molecule has 0 amide bonds. The second-order valence-electron chi connectivity index (χ2n) is 14.5. The first-order valence-electron chi connectivity index (χ1n) is 19.6. The number of benzene rings is 8. The third kappa shape index (κ3) is 6.97. The van der Waals surface area contributed by atoms with Crippen LogP contribution in [0.25, 0.3) is 83.5 Å². The average molecular weight is 790 g/mol. The van der Waals surface area contributed by atoms with Crippen molar-refractivity contribution in [2.45, 2.75) is 0 Å². The summed E-state index contributed by atoms with van der Waals surface area (Å²) in [4.78, 5) is 11.4. The van der Waals surface area contributed by atoms with Gasteiger partial charge < -0.3 is 4.57 Å². The number of aromatic nitrogens is 3. The van der Waals surface area contributed by atoms with E-state index in [1.54, 1.807) is 0 Å². The van der Waals surface area contributed by atoms with Crippen molar-refractivity contribution < 1.29 is 0 Å². The van der Waals surface area contributed by atoms with Gasteiger partial charge in [-0.15, -0.1) is 0 Å². The predicted molar refractivity (Wildman–Crippen MR) is 253 cm³/mol. The molecular weight excluding hydrogens is 755 g/mol. The fourth-order valence-corrected chi connectivity index (χ4v) is 8.38. The molecule has 8 aromatic carbocycles. The van der Waals surface area contributed by atoms with E-state index in [1.807, 2.05) is 18.3 Å². The van der Waals surface area contributed by atoms with Crippen molar-refractivity contribution in [2.75, 3.05) is 0 Å². The lowest BCUT2D eigenvalue weighted by atomic mass is 9.96. The molecule has 3 nitrogen and oxygen atoms in total. The molecule has 59 heavy (non-hydrogen) atoms. The van der Waals surface area contributed by atoms with Crippen LogP contribution in [0, 0.1) is 0 Å². The number of rotatable bonds is 9. The van der Waals surface area contributed by atoms with Gasteiger partial charge in [0, 0.05) is 39.3 Å². The lowest BCUT2D eigenvalue weighted by Crippen LogP contribution is -2.12. The Morgan fingerprint density at radius 2 is 0.780 bits per heavy atom. The summed E-state index contributed by atoms with van der Waals surface area (Å²) >= 11 is 12.1. The highest BCUT2D eigenvalue weighted by Crippen LogP contribution is 2.35. The monoisotopic (exact) mass is 789 g/mol. The van der Waals surface area contributed by atoms with Crippen molar-refractivity contribution in [1.29, 1.82) is 0 Å². The number of thiocarbonyl (C=S) groups is 2. The molecule has 0 aliphatic heterocycles. The van der Waals surface area contributed by atoms with Crippen molar-refractivity contribution in [3.05, 3.63) is 224 Å². The Morgan fingerprint density at radius 3 is 1.31 bits per heavy atom. The van der Waals surface area contributed by atoms with Crippen LogP contribution in [0.2, 0.25) is 0 Å². The summed E-state index contributed by atoms with van der Waals surface area (Å²) in [6, 6.07) is 71.6. The van der Waals surface area contributed by atoms with Gasteiger partial charge in [-0.1, -0.05) is 206 Å². The molecule has 0 saturated heterocycles. The second-order valence-corrected chi connectivity index (χ2v) is 15.3. The van der Waals surface area contributed by atoms with Crippen LogP contribution in [-0.2, 0) is 0 Å². The van der Waals surface area contributed by atoms with E-state index in [-0.39, 0.29) is 0 Å². The lowest BCUT2D eigenvalue weighted by Gasteiger charge is -2.13. The summed E-state index contributed by atoms with van der Waals surface area (Å²) < 4.78 is 2.30. The molecule has 0 atom stereocenters. The molecule has 0 bridgehead atoms. The highest BCUT2D eigenvalue weighted by Gasteiger charge is 2.17. The maximum absolute atomic E-state index is 6.04. The molecule has 0 aliphatic carbocycles. The first-order valence-corrected chi connectivity index (χ1v) is 20.4. The van der Waals surface area contributed by atoms with E-state index in [0.717, 1.165) is 55.9 Å². The van der Waals surface area contributed by atoms with Gasteiger partial charge in [0.25, 0.3) is 0 Å². The predicted octanol–water partition coefficient (Wildman–Crippen LogP) is 14.0. The molecule has 10 rings (SSSR count). The first-order chi connectivity index (χ1) is 29.1. The van der Waals surface area contributed by atoms with Gasteiger partial charge in [-0.2, -0.15) is 0 Å². The third-order valence-electron chi connectivity index (χ3n) is 10.9. The van der Waals surface area contributed by atoms with E-state index in [9.17, 15) is 0 Å². The van der Waals surface area contributed by atoms with Crippen molar-refractivity contribution in [1.82, 2.24) is 14.5 Å². The van der Waals surface area contributed by atoms with E-state index in [2.05, 4.69) is 199 Å². The summed E-state index contributed by atoms with van der Waals surface area (Å²) in [5.74, 6) is 0.661. The number of nitrogens with zero attached hydrogens (tertiary/aromatic N) is 3. The van der Waals surface area contributed by atoms with Gasteiger partial charge in [0.2, 0.25) is 0 Å². The maximum Gasteiger partial charge on any atom is 0.159 e. The molecule has 2 heterocycles. The zero-order valence-corrected chi connectivity index (χ0v) is 33.5. The van der Waals surface area contributed by atoms with Crippen LogP contribution in [0.1, 0.15) is 11.1 Å². The number of hydrogen-bond donors (Lipinski definition) is 0. The Kier molecular flexibility index (Phi) is 9.59. The molecule has 0 unspecified atom stereocenters. The van der Waals surface area contributed by atoms with Crippen molar-refractivity contribution in [3.63, 3.8) is 0 Å². The van der Waals surface area contributed by atoms with Crippen LogP contribution >= 0.6 is 24.4 Å². The SMILES string of the molecule is S=C(C(=S)c1ccc(-n2c3ccccc3c3ccccc32)cc1)c1ccc(-c2nc(-c3ccc(-c4ccccc4)cc3)ncc2-c2ccc(-c3ccccc3)cc2)cc1. The smallest absolute Gasteiger partial charge is 0.159 e. The normalized spacial score (nSPS) is 11.2. The number of hydrogen-bond acceptors (Lipinski definition) is 4. The first kappa shape index (κ1) is 36.2. The average Bonchev–Trinajstić information content (AvgIpc) is 3.66. The van der Waals surface area contributed by atoms with Crippen LogP contribution in [-0.4, -0.2) is 24.3 Å². The largest absolute Gasteiger partial charge is 0.309 e. The summed E-state index contributed by atoms with van der Waals surface area (Å²) in [5.41, 5.74) is 14.6. The topological polar surface area (TPSA) is 30.7 Å². The molecule has 0 radical (unpaired) electrons. The Morgan fingerprint density at radius 1 is 0.373 bits per heavy atom. The van der Waals surface area contributed by atoms with Gasteiger partial charge in [0.1, 0.15) is 0 Å². The van der Waals surface area contributed by atoms with Crippen LogP contribution in [0.4, 0.5) is 0 Å². The zero-order valence-electron chi connectivity index (χ0n) is 31.9. The molecule has 0 aliphatic rings. The van der Waals surface area contributed by atoms with Crippen LogP contribution < -0.4 is 0 Å². The Bertz CT molecular complexity index is 3080. The Hall–Kier alpha value is -7.18. The minimum atomic E-state index is 0.634. The summed E-state index contributed by atoms with van der Waals surface area (Å²) in [6.45, 7) is 0. The van der Waals surface area contributed by atoms with E-state index < -0.39 is 0 Å². The second kappa shape index (κ2) is 15.6. The minimum Gasteiger partial charge on any atom is -0.309 e. The summed E-state index contributed by atoms with van der Waals surface area (Å²) in [5, 5.41) is 2.46. The fraction of sp³-hybridized carbons (Fsp3) is 0. The third-order valence-corrected chi connectivity index (χ3v) is 11.9. The van der Waals surface area contributed by atoms with Gasteiger partial charge >= 0.3 is 0 Å². The highest BCUT2D eigenvalue weighted by molar-refractivity contribution is 7.90. The molecule has 2 aromatic heterocycles. The molecule has 278 valence electrons. The van der Waals surface area contributed by atoms with E-state index in [0.29, 0.717) is 15.6 Å². The molecule has 10 aromatic rings. The van der Waals surface area contributed by atoms with Crippen molar-refractivity contribution in [2.24, 2.45) is 0 Å². The van der Waals surface area contributed by atoms with Crippen LogP contribution in [0.3, 0.4) is 0 Å². The van der Waals surface area contributed by atoms with Gasteiger partial charge in [-0.25, -0.2) is 9.97 Å². The van der Waals surface area contributed by atoms with Crippen molar-refractivity contribution >= 4 is 56.0 Å². The van der Waals surface area contributed by atoms with E-state index >= 15 is 0 Å². The van der Waals surface area contributed by atoms with E-state index in [4.69, 9.17) is 34.4 Å². The quantitative estimate of drug-likeness (QED) is 0.108. The molecule has 0 saturated carbocycles. The minimum absolute atomic E-state index is 0.634.